The Balaban J connectivity index is 1.67. The van der Waals surface area contributed by atoms with E-state index >= 15 is 0 Å². The summed E-state index contributed by atoms with van der Waals surface area (Å²) in [6, 6.07) is 22.7. The van der Waals surface area contributed by atoms with Gasteiger partial charge in [-0.15, -0.1) is 0 Å². The van der Waals surface area contributed by atoms with Crippen LogP contribution in [0.3, 0.4) is 0 Å². The molecule has 5 heteroatoms. The Bertz CT molecular complexity index is 1220. The van der Waals surface area contributed by atoms with E-state index in [4.69, 9.17) is 14.5 Å². The Hall–Kier alpha value is -3.86. The normalized spacial score (nSPS) is 10.6. The van der Waals surface area contributed by atoms with Crippen molar-refractivity contribution in [3.63, 3.8) is 0 Å². The number of hydrogen-bond donors (Lipinski definition) is 1. The molecule has 0 atom stereocenters. The van der Waals surface area contributed by atoms with E-state index < -0.39 is 0 Å². The Morgan fingerprint density at radius 2 is 1.70 bits per heavy atom. The Morgan fingerprint density at radius 3 is 2.40 bits per heavy atom. The van der Waals surface area contributed by atoms with Gasteiger partial charge >= 0.3 is 0 Å². The van der Waals surface area contributed by atoms with Crippen molar-refractivity contribution in [2.75, 3.05) is 19.5 Å². The summed E-state index contributed by atoms with van der Waals surface area (Å²) in [6.07, 6.45) is 0. The molecule has 0 spiro atoms. The minimum Gasteiger partial charge on any atom is -0.497 e. The number of carbonyl (C=O) groups excluding carboxylic acids is 1. The fraction of sp³-hybridized carbons (Fsp3) is 0.120. The van der Waals surface area contributed by atoms with E-state index in [0.29, 0.717) is 17.0 Å². The first-order chi connectivity index (χ1) is 14.6. The van der Waals surface area contributed by atoms with Crippen molar-refractivity contribution in [1.29, 1.82) is 0 Å². The number of rotatable bonds is 5. The zero-order valence-corrected chi connectivity index (χ0v) is 17.1. The van der Waals surface area contributed by atoms with Gasteiger partial charge in [0.05, 0.1) is 25.4 Å². The Labute approximate surface area is 175 Å². The van der Waals surface area contributed by atoms with Gasteiger partial charge in [-0.1, -0.05) is 17.7 Å². The van der Waals surface area contributed by atoms with E-state index in [1.165, 1.54) is 0 Å². The van der Waals surface area contributed by atoms with Crippen LogP contribution in [0.1, 0.15) is 15.9 Å². The molecule has 1 N–H and O–H groups in total. The molecular formula is C25H22N2O3. The molecule has 150 valence electrons. The third-order valence-electron chi connectivity index (χ3n) is 4.91. The van der Waals surface area contributed by atoms with Crippen molar-refractivity contribution in [3.8, 4) is 22.8 Å². The summed E-state index contributed by atoms with van der Waals surface area (Å²) < 4.78 is 10.8. The first-order valence-corrected chi connectivity index (χ1v) is 9.58. The van der Waals surface area contributed by atoms with Crippen LogP contribution in [0.5, 0.6) is 11.5 Å². The minimum atomic E-state index is -0.153. The summed E-state index contributed by atoms with van der Waals surface area (Å²) in [5.41, 5.74) is 4.90. The summed E-state index contributed by atoms with van der Waals surface area (Å²) in [7, 11) is 3.27. The summed E-state index contributed by atoms with van der Waals surface area (Å²) in [4.78, 5) is 17.3. The predicted molar refractivity (Wildman–Crippen MR) is 119 cm³/mol. The van der Waals surface area contributed by atoms with E-state index in [1.807, 2.05) is 73.7 Å². The van der Waals surface area contributed by atoms with Crippen LogP contribution in [0.2, 0.25) is 0 Å². The number of aromatic nitrogens is 1. The van der Waals surface area contributed by atoms with Crippen LogP contribution in [-0.2, 0) is 0 Å². The number of amides is 1. The number of aryl methyl sites for hydroxylation is 1. The molecule has 0 bridgehead atoms. The highest BCUT2D eigenvalue weighted by molar-refractivity contribution is 6.05. The summed E-state index contributed by atoms with van der Waals surface area (Å²) in [5.74, 6) is 1.33. The second-order valence-corrected chi connectivity index (χ2v) is 6.99. The predicted octanol–water partition coefficient (Wildman–Crippen LogP) is 5.48. The van der Waals surface area contributed by atoms with Gasteiger partial charge in [0, 0.05) is 28.3 Å². The minimum absolute atomic E-state index is 0.153. The Kier molecular flexibility index (Phi) is 5.35. The molecule has 4 aromatic rings. The van der Waals surface area contributed by atoms with Gasteiger partial charge in [-0.25, -0.2) is 4.98 Å². The zero-order chi connectivity index (χ0) is 21.1. The monoisotopic (exact) mass is 398 g/mol. The van der Waals surface area contributed by atoms with Crippen LogP contribution >= 0.6 is 0 Å². The van der Waals surface area contributed by atoms with E-state index in [-0.39, 0.29) is 5.91 Å². The highest BCUT2D eigenvalue weighted by Crippen LogP contribution is 2.32. The molecule has 1 heterocycles. The van der Waals surface area contributed by atoms with Crippen LogP contribution in [-0.4, -0.2) is 25.1 Å². The van der Waals surface area contributed by atoms with E-state index in [9.17, 15) is 4.79 Å². The summed E-state index contributed by atoms with van der Waals surface area (Å²) >= 11 is 0. The Morgan fingerprint density at radius 1 is 0.900 bits per heavy atom. The molecule has 1 aromatic heterocycles. The van der Waals surface area contributed by atoms with Crippen molar-refractivity contribution < 1.29 is 14.3 Å². The van der Waals surface area contributed by atoms with Crippen LogP contribution in [0.25, 0.3) is 22.2 Å². The van der Waals surface area contributed by atoms with Crippen molar-refractivity contribution >= 4 is 22.5 Å². The average Bonchev–Trinajstić information content (AvgIpc) is 2.78. The highest BCUT2D eigenvalue weighted by Gasteiger charge is 2.11. The number of hydrogen-bond acceptors (Lipinski definition) is 4. The number of carbonyl (C=O) groups is 1. The van der Waals surface area contributed by atoms with Crippen LogP contribution in [0, 0.1) is 6.92 Å². The maximum absolute atomic E-state index is 12.6. The second kappa shape index (κ2) is 8.25. The molecule has 0 aliphatic rings. The lowest BCUT2D eigenvalue weighted by molar-refractivity contribution is 0.102. The number of pyridine rings is 1. The van der Waals surface area contributed by atoms with Gasteiger partial charge in [-0.05, 0) is 61.5 Å². The maximum atomic E-state index is 12.6. The fourth-order valence-corrected chi connectivity index (χ4v) is 3.34. The number of ether oxygens (including phenoxy) is 2. The molecule has 0 aliphatic heterocycles. The molecule has 1 amide bonds. The van der Waals surface area contributed by atoms with Gasteiger partial charge in [-0.2, -0.15) is 0 Å². The van der Waals surface area contributed by atoms with Crippen molar-refractivity contribution in [3.05, 3.63) is 83.9 Å². The lowest BCUT2D eigenvalue weighted by atomic mass is 10.1. The maximum Gasteiger partial charge on any atom is 0.255 e. The van der Waals surface area contributed by atoms with Crippen molar-refractivity contribution in [1.82, 2.24) is 4.98 Å². The average molecular weight is 398 g/mol. The molecule has 0 saturated carbocycles. The van der Waals surface area contributed by atoms with Crippen LogP contribution in [0.15, 0.2) is 72.8 Å². The molecule has 4 rings (SSSR count). The molecule has 0 unspecified atom stereocenters. The van der Waals surface area contributed by atoms with E-state index in [2.05, 4.69) is 5.32 Å². The molecule has 3 aromatic carbocycles. The number of fused-ring (bicyclic) bond motifs is 1. The van der Waals surface area contributed by atoms with E-state index in [0.717, 1.165) is 33.5 Å². The fourth-order valence-electron chi connectivity index (χ4n) is 3.34. The van der Waals surface area contributed by atoms with Crippen molar-refractivity contribution in [2.45, 2.75) is 6.92 Å². The number of methoxy groups -OCH3 is 2. The molecule has 0 fully saturated rings. The van der Waals surface area contributed by atoms with Gasteiger partial charge < -0.3 is 14.8 Å². The number of benzene rings is 3. The topological polar surface area (TPSA) is 60.5 Å². The van der Waals surface area contributed by atoms with Crippen LogP contribution in [0.4, 0.5) is 5.69 Å². The zero-order valence-electron chi connectivity index (χ0n) is 17.1. The van der Waals surface area contributed by atoms with Gasteiger partial charge in [-0.3, -0.25) is 4.79 Å². The molecule has 0 aliphatic carbocycles. The molecule has 0 saturated heterocycles. The molecule has 5 nitrogen and oxygen atoms in total. The lowest BCUT2D eigenvalue weighted by Crippen LogP contribution is -2.11. The standard InChI is InChI=1S/C25H22N2O3/c1-16-5-4-6-18(13-16)25(28)26-19-9-12-22-21(14-19)24(30-3)15-23(27-22)17-7-10-20(29-2)11-8-17/h4-15H,1-3H3,(H,26,28). The van der Waals surface area contributed by atoms with E-state index in [1.54, 1.807) is 20.3 Å². The van der Waals surface area contributed by atoms with Gasteiger partial charge in [0.1, 0.15) is 11.5 Å². The molecule has 0 radical (unpaired) electrons. The van der Waals surface area contributed by atoms with Crippen LogP contribution < -0.4 is 14.8 Å². The number of nitrogens with zero attached hydrogens (tertiary/aromatic N) is 1. The van der Waals surface area contributed by atoms with Gasteiger partial charge in [0.25, 0.3) is 5.91 Å². The smallest absolute Gasteiger partial charge is 0.255 e. The lowest BCUT2D eigenvalue weighted by Gasteiger charge is -2.12. The third-order valence-corrected chi connectivity index (χ3v) is 4.91. The molecular weight excluding hydrogens is 376 g/mol. The summed E-state index contributed by atoms with van der Waals surface area (Å²) in [6.45, 7) is 1.96. The first-order valence-electron chi connectivity index (χ1n) is 9.58. The highest BCUT2D eigenvalue weighted by atomic mass is 16.5. The number of anilines is 1. The quantitative estimate of drug-likeness (QED) is 0.484. The summed E-state index contributed by atoms with van der Waals surface area (Å²) in [5, 5.41) is 3.78. The number of nitrogens with one attached hydrogen (secondary N) is 1. The third kappa shape index (κ3) is 3.96. The van der Waals surface area contributed by atoms with Gasteiger partial charge in [0.2, 0.25) is 0 Å². The second-order valence-electron chi connectivity index (χ2n) is 6.99. The first kappa shape index (κ1) is 19.5. The largest absolute Gasteiger partial charge is 0.497 e. The van der Waals surface area contributed by atoms with Crippen molar-refractivity contribution in [2.24, 2.45) is 0 Å². The molecule has 30 heavy (non-hydrogen) atoms. The van der Waals surface area contributed by atoms with Gasteiger partial charge in [0.15, 0.2) is 0 Å². The SMILES string of the molecule is COc1ccc(-c2cc(OC)c3cc(NC(=O)c4cccc(C)c4)ccc3n2)cc1.